The van der Waals surface area contributed by atoms with E-state index in [0.29, 0.717) is 5.56 Å². The quantitative estimate of drug-likeness (QED) is 0.753. The summed E-state index contributed by atoms with van der Waals surface area (Å²) in [6.07, 6.45) is 5.36. The molecule has 80 valence electrons. The molecule has 0 aromatic heterocycles. The zero-order valence-corrected chi connectivity index (χ0v) is 8.64. The van der Waals surface area contributed by atoms with Crippen LogP contribution in [-0.2, 0) is 11.2 Å². The number of benzene rings is 1. The summed E-state index contributed by atoms with van der Waals surface area (Å²) >= 11 is 0. The van der Waals surface area contributed by atoms with Gasteiger partial charge in [0.2, 0.25) is 0 Å². The van der Waals surface area contributed by atoms with Gasteiger partial charge in [0, 0.05) is 0 Å². The van der Waals surface area contributed by atoms with E-state index in [1.807, 2.05) is 18.2 Å². The molecule has 1 rings (SSSR count). The zero-order chi connectivity index (χ0) is 11.1. The van der Waals surface area contributed by atoms with E-state index in [1.165, 1.54) is 0 Å². The molecule has 3 nitrogen and oxygen atoms in total. The highest BCUT2D eigenvalue weighted by Crippen LogP contribution is 2.07. The summed E-state index contributed by atoms with van der Waals surface area (Å²) in [6.45, 7) is 0. The van der Waals surface area contributed by atoms with Crippen molar-refractivity contribution in [2.24, 2.45) is 0 Å². The number of carbonyl (C=O) groups is 1. The minimum absolute atomic E-state index is 0.325. The summed E-state index contributed by atoms with van der Waals surface area (Å²) in [4.78, 5) is 10.6. The van der Waals surface area contributed by atoms with Gasteiger partial charge >= 0.3 is 5.97 Å². The van der Waals surface area contributed by atoms with Crippen LogP contribution in [-0.4, -0.2) is 18.2 Å². The van der Waals surface area contributed by atoms with Crippen LogP contribution in [0.15, 0.2) is 36.6 Å². The predicted octanol–water partition coefficient (Wildman–Crippen LogP) is 2.48. The first-order chi connectivity index (χ1) is 7.24. The summed E-state index contributed by atoms with van der Waals surface area (Å²) in [5, 5.41) is 8.69. The van der Waals surface area contributed by atoms with Crippen LogP contribution in [0, 0.1) is 0 Å². The normalized spacial score (nSPS) is 10.5. The molecule has 0 aliphatic carbocycles. The standard InChI is InChI=1S/C12H14O3/c1-15-9-3-2-4-10-5-7-11(8-6-10)12(13)14/h3,5-9H,2,4H2,1H3,(H,13,14)/b9-3+. The third kappa shape index (κ3) is 3.85. The lowest BCUT2D eigenvalue weighted by Gasteiger charge is -1.99. The first-order valence-corrected chi connectivity index (χ1v) is 4.74. The molecule has 15 heavy (non-hydrogen) atoms. The Balaban J connectivity index is 2.50. The van der Waals surface area contributed by atoms with Crippen LogP contribution in [0.2, 0.25) is 0 Å². The fourth-order valence-electron chi connectivity index (χ4n) is 1.23. The number of allylic oxidation sites excluding steroid dienone is 1. The van der Waals surface area contributed by atoms with E-state index in [4.69, 9.17) is 9.84 Å². The smallest absolute Gasteiger partial charge is 0.335 e. The molecule has 0 saturated heterocycles. The average Bonchev–Trinajstić information content (AvgIpc) is 2.25. The SMILES string of the molecule is CO/C=C/CCc1ccc(C(=O)O)cc1. The van der Waals surface area contributed by atoms with Gasteiger partial charge in [-0.3, -0.25) is 0 Å². The molecule has 0 aliphatic heterocycles. The third-order valence-electron chi connectivity index (χ3n) is 2.03. The Bertz CT molecular complexity index is 338. The number of hydrogen-bond donors (Lipinski definition) is 1. The molecule has 3 heteroatoms. The highest BCUT2D eigenvalue weighted by molar-refractivity contribution is 5.87. The molecule has 1 N–H and O–H groups in total. The molecule has 0 bridgehead atoms. The van der Waals surface area contributed by atoms with Crippen molar-refractivity contribution in [1.82, 2.24) is 0 Å². The summed E-state index contributed by atoms with van der Waals surface area (Å²) in [7, 11) is 1.61. The molecule has 0 fully saturated rings. The number of carboxylic acids is 1. The van der Waals surface area contributed by atoms with Crippen molar-refractivity contribution in [2.45, 2.75) is 12.8 Å². The highest BCUT2D eigenvalue weighted by Gasteiger charge is 2.00. The fourth-order valence-corrected chi connectivity index (χ4v) is 1.23. The zero-order valence-electron chi connectivity index (χ0n) is 8.64. The number of aromatic carboxylic acids is 1. The molecule has 0 atom stereocenters. The number of methoxy groups -OCH3 is 1. The van der Waals surface area contributed by atoms with Gasteiger partial charge in [-0.05, 0) is 36.6 Å². The molecule has 0 aliphatic rings. The van der Waals surface area contributed by atoms with E-state index in [-0.39, 0.29) is 0 Å². The van der Waals surface area contributed by atoms with Crippen LogP contribution in [0.5, 0.6) is 0 Å². The topological polar surface area (TPSA) is 46.5 Å². The Morgan fingerprint density at radius 1 is 1.40 bits per heavy atom. The van der Waals surface area contributed by atoms with Crippen LogP contribution < -0.4 is 0 Å². The van der Waals surface area contributed by atoms with Crippen molar-refractivity contribution in [3.63, 3.8) is 0 Å². The van der Waals surface area contributed by atoms with E-state index in [2.05, 4.69) is 0 Å². The Kier molecular flexibility index (Phi) is 4.41. The predicted molar refractivity (Wildman–Crippen MR) is 57.9 cm³/mol. The number of aryl methyl sites for hydroxylation is 1. The molecular weight excluding hydrogens is 192 g/mol. The van der Waals surface area contributed by atoms with Gasteiger partial charge in [-0.15, -0.1) is 0 Å². The lowest BCUT2D eigenvalue weighted by Crippen LogP contribution is -1.95. The number of rotatable bonds is 5. The molecule has 0 unspecified atom stereocenters. The maximum Gasteiger partial charge on any atom is 0.335 e. The Labute approximate surface area is 89.0 Å². The number of hydrogen-bond acceptors (Lipinski definition) is 2. The van der Waals surface area contributed by atoms with Crippen LogP contribution in [0.4, 0.5) is 0 Å². The van der Waals surface area contributed by atoms with E-state index in [9.17, 15) is 4.79 Å². The second-order valence-electron chi connectivity index (χ2n) is 3.15. The maximum atomic E-state index is 10.6. The lowest BCUT2D eigenvalue weighted by atomic mass is 10.1. The Morgan fingerprint density at radius 2 is 2.07 bits per heavy atom. The van der Waals surface area contributed by atoms with E-state index < -0.39 is 5.97 Å². The second kappa shape index (κ2) is 5.86. The Morgan fingerprint density at radius 3 is 2.60 bits per heavy atom. The largest absolute Gasteiger partial charge is 0.505 e. The van der Waals surface area contributed by atoms with Gasteiger partial charge in [-0.25, -0.2) is 4.79 Å². The summed E-state index contributed by atoms with van der Waals surface area (Å²) in [5.74, 6) is -0.888. The molecule has 0 amide bonds. The molecule has 0 saturated carbocycles. The van der Waals surface area contributed by atoms with Crippen molar-refractivity contribution in [3.8, 4) is 0 Å². The molecule has 0 heterocycles. The fraction of sp³-hybridized carbons (Fsp3) is 0.250. The van der Waals surface area contributed by atoms with Gasteiger partial charge in [-0.1, -0.05) is 12.1 Å². The molecule has 1 aromatic carbocycles. The van der Waals surface area contributed by atoms with Crippen LogP contribution in [0.25, 0.3) is 0 Å². The molecular formula is C12H14O3. The van der Waals surface area contributed by atoms with Crippen molar-refractivity contribution in [2.75, 3.05) is 7.11 Å². The number of carboxylic acid groups (broad SMARTS) is 1. The average molecular weight is 206 g/mol. The van der Waals surface area contributed by atoms with Crippen molar-refractivity contribution < 1.29 is 14.6 Å². The van der Waals surface area contributed by atoms with E-state index in [0.717, 1.165) is 18.4 Å². The first-order valence-electron chi connectivity index (χ1n) is 4.74. The summed E-state index contributed by atoms with van der Waals surface area (Å²) in [5.41, 5.74) is 1.45. The van der Waals surface area contributed by atoms with Gasteiger partial charge in [0.15, 0.2) is 0 Å². The van der Waals surface area contributed by atoms with Gasteiger partial charge in [-0.2, -0.15) is 0 Å². The second-order valence-corrected chi connectivity index (χ2v) is 3.15. The van der Waals surface area contributed by atoms with Gasteiger partial charge in [0.1, 0.15) is 0 Å². The van der Waals surface area contributed by atoms with Crippen molar-refractivity contribution >= 4 is 5.97 Å². The van der Waals surface area contributed by atoms with Crippen molar-refractivity contribution in [1.29, 1.82) is 0 Å². The number of ether oxygens (including phenoxy) is 1. The van der Waals surface area contributed by atoms with E-state index in [1.54, 1.807) is 25.5 Å². The van der Waals surface area contributed by atoms with Crippen LogP contribution >= 0.6 is 0 Å². The monoisotopic (exact) mass is 206 g/mol. The minimum Gasteiger partial charge on any atom is -0.505 e. The van der Waals surface area contributed by atoms with Gasteiger partial charge in [0.25, 0.3) is 0 Å². The first kappa shape index (κ1) is 11.3. The maximum absolute atomic E-state index is 10.6. The molecule has 1 aromatic rings. The lowest BCUT2D eigenvalue weighted by molar-refractivity contribution is 0.0697. The Hall–Kier alpha value is -1.77. The van der Waals surface area contributed by atoms with E-state index >= 15 is 0 Å². The molecule has 0 radical (unpaired) electrons. The van der Waals surface area contributed by atoms with Gasteiger partial charge in [0.05, 0.1) is 18.9 Å². The van der Waals surface area contributed by atoms with Gasteiger partial charge < -0.3 is 9.84 Å². The minimum atomic E-state index is -0.888. The van der Waals surface area contributed by atoms with Crippen LogP contribution in [0.1, 0.15) is 22.3 Å². The third-order valence-corrected chi connectivity index (χ3v) is 2.03. The molecule has 0 spiro atoms. The van der Waals surface area contributed by atoms with Crippen LogP contribution in [0.3, 0.4) is 0 Å². The summed E-state index contributed by atoms with van der Waals surface area (Å²) < 4.78 is 4.77. The van der Waals surface area contributed by atoms with Crippen molar-refractivity contribution in [3.05, 3.63) is 47.7 Å². The highest BCUT2D eigenvalue weighted by atomic mass is 16.5. The summed E-state index contributed by atoms with van der Waals surface area (Å²) in [6, 6.07) is 6.92.